The van der Waals surface area contributed by atoms with Gasteiger partial charge in [-0.3, -0.25) is 4.79 Å². The summed E-state index contributed by atoms with van der Waals surface area (Å²) >= 11 is 0. The number of aromatic amines is 1. The predicted octanol–water partition coefficient (Wildman–Crippen LogP) is 0.301. The van der Waals surface area contributed by atoms with E-state index in [1.165, 1.54) is 16.9 Å². The Bertz CT molecular complexity index is 729. The molecule has 0 bridgehead atoms. The third-order valence-electron chi connectivity index (χ3n) is 3.75. The van der Waals surface area contributed by atoms with Gasteiger partial charge in [0, 0.05) is 18.0 Å². The Kier molecular flexibility index (Phi) is 2.66. The number of nitrogens with zero attached hydrogens (tertiary/aromatic N) is 4. The molecule has 0 amide bonds. The summed E-state index contributed by atoms with van der Waals surface area (Å²) in [6.07, 6.45) is 3.23. The largest absolute Gasteiger partial charge is 0.479 e. The van der Waals surface area contributed by atoms with Gasteiger partial charge >= 0.3 is 5.97 Å². The third kappa shape index (κ3) is 1.64. The van der Waals surface area contributed by atoms with E-state index in [-0.39, 0.29) is 16.8 Å². The van der Waals surface area contributed by atoms with Gasteiger partial charge in [0.05, 0.1) is 5.56 Å². The number of carboxylic acids is 1. The Labute approximate surface area is 113 Å². The molecule has 1 aliphatic carbocycles. The van der Waals surface area contributed by atoms with Crippen LogP contribution in [0.2, 0.25) is 0 Å². The number of rotatable bonds is 3. The van der Waals surface area contributed by atoms with E-state index in [1.807, 2.05) is 0 Å². The molecule has 0 saturated heterocycles. The monoisotopic (exact) mass is 275 g/mol. The summed E-state index contributed by atoms with van der Waals surface area (Å²) in [6, 6.07) is 1.43. The van der Waals surface area contributed by atoms with Crippen LogP contribution in [0.15, 0.2) is 17.1 Å². The van der Waals surface area contributed by atoms with E-state index in [0.717, 1.165) is 12.1 Å². The second kappa shape index (κ2) is 4.26. The highest BCUT2D eigenvalue weighted by atomic mass is 16.4. The lowest BCUT2D eigenvalue weighted by Crippen LogP contribution is -2.49. The summed E-state index contributed by atoms with van der Waals surface area (Å²) < 4.78 is 1.26. The van der Waals surface area contributed by atoms with Crippen molar-refractivity contribution in [1.29, 1.82) is 0 Å². The van der Waals surface area contributed by atoms with Crippen LogP contribution in [0.25, 0.3) is 11.4 Å². The fraction of sp³-hybridized carbons (Fsp3) is 0.417. The molecule has 1 fully saturated rings. The van der Waals surface area contributed by atoms with Crippen LogP contribution in [0.5, 0.6) is 0 Å². The van der Waals surface area contributed by atoms with Gasteiger partial charge in [-0.2, -0.15) is 0 Å². The number of carboxylic acid groups (broad SMARTS) is 1. The molecule has 0 aliphatic heterocycles. The Balaban J connectivity index is 2.16. The van der Waals surface area contributed by atoms with Crippen molar-refractivity contribution in [3.05, 3.63) is 28.2 Å². The van der Waals surface area contributed by atoms with Crippen LogP contribution in [0.4, 0.5) is 0 Å². The third-order valence-corrected chi connectivity index (χ3v) is 3.75. The van der Waals surface area contributed by atoms with E-state index in [1.54, 1.807) is 6.92 Å². The lowest BCUT2D eigenvalue weighted by molar-refractivity contribution is -0.153. The summed E-state index contributed by atoms with van der Waals surface area (Å²) in [5, 5.41) is 20.6. The Morgan fingerprint density at radius 3 is 2.80 bits per heavy atom. The van der Waals surface area contributed by atoms with Crippen molar-refractivity contribution in [2.24, 2.45) is 0 Å². The number of carbonyl (C=O) groups is 1. The molecule has 2 heterocycles. The molecule has 8 heteroatoms. The number of aromatic nitrogens is 5. The summed E-state index contributed by atoms with van der Waals surface area (Å²) in [5.74, 6) is -0.783. The first kappa shape index (κ1) is 12.5. The van der Waals surface area contributed by atoms with E-state index in [4.69, 9.17) is 0 Å². The molecular formula is C12H13N5O3. The molecule has 104 valence electrons. The fourth-order valence-electron chi connectivity index (χ4n) is 2.42. The van der Waals surface area contributed by atoms with Crippen LogP contribution in [-0.4, -0.2) is 36.3 Å². The van der Waals surface area contributed by atoms with Crippen molar-refractivity contribution in [2.75, 3.05) is 0 Å². The standard InChI is InChI=1S/C12H13N5O3/c1-7-5-9(18)8(6-13-7)10-14-15-16-17(10)12(11(19)20)3-2-4-12/h5-6H,2-4H2,1H3,(H,13,18)(H,19,20). The molecule has 1 saturated carbocycles. The van der Waals surface area contributed by atoms with Crippen molar-refractivity contribution >= 4 is 5.97 Å². The minimum Gasteiger partial charge on any atom is -0.479 e. The van der Waals surface area contributed by atoms with Crippen molar-refractivity contribution in [2.45, 2.75) is 31.7 Å². The number of aryl methyl sites for hydroxylation is 1. The lowest BCUT2D eigenvalue weighted by Gasteiger charge is -2.37. The molecule has 8 nitrogen and oxygen atoms in total. The zero-order valence-electron chi connectivity index (χ0n) is 10.8. The van der Waals surface area contributed by atoms with Crippen molar-refractivity contribution in [3.8, 4) is 11.4 Å². The molecule has 2 aromatic rings. The van der Waals surface area contributed by atoms with Gasteiger partial charge in [-0.25, -0.2) is 9.48 Å². The van der Waals surface area contributed by atoms with E-state index in [2.05, 4.69) is 20.5 Å². The molecule has 1 aliphatic rings. The molecule has 0 aromatic carbocycles. The van der Waals surface area contributed by atoms with Gasteiger partial charge < -0.3 is 10.1 Å². The van der Waals surface area contributed by atoms with Crippen molar-refractivity contribution < 1.29 is 9.90 Å². The average molecular weight is 275 g/mol. The highest BCUT2D eigenvalue weighted by molar-refractivity contribution is 5.78. The molecule has 2 N–H and O–H groups in total. The highest BCUT2D eigenvalue weighted by Gasteiger charge is 2.49. The maximum absolute atomic E-state index is 12.0. The highest BCUT2D eigenvalue weighted by Crippen LogP contribution is 2.40. The Hall–Kier alpha value is -2.51. The van der Waals surface area contributed by atoms with Crippen LogP contribution in [-0.2, 0) is 10.3 Å². The van der Waals surface area contributed by atoms with Crippen LogP contribution in [0.1, 0.15) is 25.0 Å². The number of pyridine rings is 1. The SMILES string of the molecule is Cc1cc(=O)c(-c2nnnn2C2(C(=O)O)CCC2)c[nH]1. The summed E-state index contributed by atoms with van der Waals surface area (Å²) in [7, 11) is 0. The van der Waals surface area contributed by atoms with Gasteiger partial charge in [0.2, 0.25) is 0 Å². The van der Waals surface area contributed by atoms with Gasteiger partial charge in [-0.1, -0.05) is 0 Å². The minimum absolute atomic E-state index is 0.188. The van der Waals surface area contributed by atoms with Gasteiger partial charge in [-0.05, 0) is 36.6 Å². The molecule has 0 spiro atoms. The smallest absolute Gasteiger partial charge is 0.331 e. The fourth-order valence-corrected chi connectivity index (χ4v) is 2.42. The van der Waals surface area contributed by atoms with E-state index < -0.39 is 11.5 Å². The van der Waals surface area contributed by atoms with E-state index >= 15 is 0 Å². The van der Waals surface area contributed by atoms with Gasteiger partial charge in [-0.15, -0.1) is 5.10 Å². The van der Waals surface area contributed by atoms with Crippen LogP contribution in [0, 0.1) is 6.92 Å². The topological polar surface area (TPSA) is 114 Å². The number of hydrogen-bond donors (Lipinski definition) is 2. The van der Waals surface area contributed by atoms with E-state index in [9.17, 15) is 14.7 Å². The Morgan fingerprint density at radius 2 is 2.25 bits per heavy atom. The van der Waals surface area contributed by atoms with Gasteiger partial charge in [0.15, 0.2) is 16.8 Å². The number of aliphatic carboxylic acids is 1. The normalized spacial score (nSPS) is 16.6. The minimum atomic E-state index is -1.13. The molecule has 0 atom stereocenters. The van der Waals surface area contributed by atoms with Gasteiger partial charge in [0.25, 0.3) is 0 Å². The lowest BCUT2D eigenvalue weighted by atomic mass is 9.76. The van der Waals surface area contributed by atoms with Crippen LogP contribution < -0.4 is 5.43 Å². The first-order valence-corrected chi connectivity index (χ1v) is 6.26. The van der Waals surface area contributed by atoms with Crippen molar-refractivity contribution in [3.63, 3.8) is 0 Å². The second-order valence-corrected chi connectivity index (χ2v) is 5.00. The summed E-state index contributed by atoms with van der Waals surface area (Å²) in [5.41, 5.74) is -0.379. The number of H-pyrrole nitrogens is 1. The average Bonchev–Trinajstić information content (AvgIpc) is 2.76. The number of nitrogens with one attached hydrogen (secondary N) is 1. The number of tetrazole rings is 1. The Morgan fingerprint density at radius 1 is 1.50 bits per heavy atom. The van der Waals surface area contributed by atoms with Crippen molar-refractivity contribution in [1.82, 2.24) is 25.2 Å². The van der Waals surface area contributed by atoms with Crippen LogP contribution >= 0.6 is 0 Å². The molecule has 0 radical (unpaired) electrons. The summed E-state index contributed by atoms with van der Waals surface area (Å²) in [6.45, 7) is 1.76. The molecular weight excluding hydrogens is 262 g/mol. The predicted molar refractivity (Wildman–Crippen MR) is 68.1 cm³/mol. The van der Waals surface area contributed by atoms with E-state index in [0.29, 0.717) is 12.8 Å². The quantitative estimate of drug-likeness (QED) is 0.832. The molecule has 20 heavy (non-hydrogen) atoms. The maximum atomic E-state index is 12.0. The molecule has 3 rings (SSSR count). The van der Waals surface area contributed by atoms with Crippen LogP contribution in [0.3, 0.4) is 0 Å². The zero-order chi connectivity index (χ0) is 14.3. The number of hydrogen-bond acceptors (Lipinski definition) is 5. The first-order chi connectivity index (χ1) is 9.54. The second-order valence-electron chi connectivity index (χ2n) is 5.00. The van der Waals surface area contributed by atoms with Gasteiger partial charge in [0.1, 0.15) is 0 Å². The first-order valence-electron chi connectivity index (χ1n) is 6.26. The summed E-state index contributed by atoms with van der Waals surface area (Å²) in [4.78, 5) is 26.5. The molecule has 2 aromatic heterocycles. The molecule has 0 unspecified atom stereocenters. The zero-order valence-corrected chi connectivity index (χ0v) is 10.8. The maximum Gasteiger partial charge on any atom is 0.331 e.